The second-order valence-corrected chi connectivity index (χ2v) is 4.52. The van der Waals surface area contributed by atoms with E-state index in [0.29, 0.717) is 0 Å². The minimum absolute atomic E-state index is 0. The van der Waals surface area contributed by atoms with Crippen LogP contribution in [0.2, 0.25) is 0 Å². The van der Waals surface area contributed by atoms with Crippen LogP contribution in [0.5, 0.6) is 0 Å². The molecule has 1 aromatic heterocycles. The third-order valence-electron chi connectivity index (χ3n) is 1.08. The fourth-order valence-corrected chi connectivity index (χ4v) is 2.07. The molecule has 0 amide bonds. The molecule has 1 aromatic rings. The van der Waals surface area contributed by atoms with E-state index in [4.69, 9.17) is 0 Å². The van der Waals surface area contributed by atoms with Crippen molar-refractivity contribution >= 4 is 21.3 Å². The number of halogens is 1. The first-order valence-electron chi connectivity index (χ1n) is 3.03. The van der Waals surface area contributed by atoms with Crippen LogP contribution in [-0.4, -0.2) is 12.1 Å². The van der Waals surface area contributed by atoms with Gasteiger partial charge >= 0.3 is 66.4 Å². The third-order valence-corrected chi connectivity index (χ3v) is 3.45. The predicted octanol–water partition coefficient (Wildman–Crippen LogP) is 1.11. The van der Waals surface area contributed by atoms with Crippen LogP contribution in [-0.2, 0) is 21.8 Å². The minimum atomic E-state index is -1.02. The van der Waals surface area contributed by atoms with Gasteiger partial charge in [0.05, 0.1) is 0 Å². The summed E-state index contributed by atoms with van der Waals surface area (Å²) in [7, 11) is 1.58. The molecule has 1 rings (SSSR count). The van der Waals surface area contributed by atoms with Crippen molar-refractivity contribution in [3.8, 4) is 0 Å². The number of nitrogens with zero attached hydrogens (tertiary/aromatic N) is 2. The molecule has 0 aliphatic heterocycles. The Kier molecular flexibility index (Phi) is 6.71. The Bertz CT molecular complexity index is 217. The molecule has 0 unspecified atom stereocenters. The van der Waals surface area contributed by atoms with E-state index in [9.17, 15) is 0 Å². The molecule has 5 heteroatoms. The standard InChI is InChI=1S/C5H4N.CH3NO.BrH.Zn/c1-2-4-6-5-3-1;1-3-2;;/h1-4H;1H3;1H;. The van der Waals surface area contributed by atoms with Gasteiger partial charge in [0.1, 0.15) is 0 Å². The van der Waals surface area contributed by atoms with Crippen molar-refractivity contribution in [2.45, 2.75) is 0 Å². The summed E-state index contributed by atoms with van der Waals surface area (Å²) in [5.74, 6) is 0. The fourth-order valence-electron chi connectivity index (χ4n) is 0.622. The Morgan fingerprint density at radius 3 is 2.91 bits per heavy atom. The maximum absolute atomic E-state index is 4.61. The van der Waals surface area contributed by atoms with E-state index >= 15 is 0 Å². The molecular formula is C6H8BrN2OZn. The summed E-state index contributed by atoms with van der Waals surface area (Å²) in [5, 5.41) is 0. The Labute approximate surface area is 83.3 Å². The van der Waals surface area contributed by atoms with Gasteiger partial charge in [-0.3, -0.25) is 0 Å². The van der Waals surface area contributed by atoms with Crippen molar-refractivity contribution in [2.24, 2.45) is 3.85 Å². The summed E-state index contributed by atoms with van der Waals surface area (Å²) in [5.41, 5.74) is 0. The number of hydrogen-bond donors (Lipinski definition) is 0. The van der Waals surface area contributed by atoms with E-state index < -0.39 is 16.9 Å². The molecule has 57 valence electrons. The molecule has 0 fully saturated rings. The van der Waals surface area contributed by atoms with Crippen LogP contribution in [0, 0.1) is 0 Å². The Morgan fingerprint density at radius 2 is 2.36 bits per heavy atom. The summed E-state index contributed by atoms with van der Waals surface area (Å²) in [6.07, 6.45) is 1.78. The number of aromatic nitrogens is 1. The van der Waals surface area contributed by atoms with E-state index in [2.05, 4.69) is 13.7 Å². The van der Waals surface area contributed by atoms with E-state index in [-0.39, 0.29) is 17.0 Å². The monoisotopic (exact) mass is 267 g/mol. The van der Waals surface area contributed by atoms with Crippen LogP contribution in [0.15, 0.2) is 28.2 Å². The number of rotatable bonds is 2. The van der Waals surface area contributed by atoms with Crippen molar-refractivity contribution in [3.05, 3.63) is 24.4 Å². The van der Waals surface area contributed by atoms with Gasteiger partial charge < -0.3 is 0 Å². The van der Waals surface area contributed by atoms with Crippen molar-refractivity contribution in [1.82, 2.24) is 4.98 Å². The number of pyridine rings is 1. The van der Waals surface area contributed by atoms with Crippen LogP contribution in [0.25, 0.3) is 0 Å². The van der Waals surface area contributed by atoms with E-state index in [1.54, 1.807) is 13.3 Å². The van der Waals surface area contributed by atoms with Gasteiger partial charge in [0.2, 0.25) is 0 Å². The molecule has 0 atom stereocenters. The van der Waals surface area contributed by atoms with Crippen molar-refractivity contribution in [3.63, 3.8) is 0 Å². The Morgan fingerprint density at radius 1 is 1.55 bits per heavy atom. The van der Waals surface area contributed by atoms with Crippen LogP contribution in [0.4, 0.5) is 0 Å². The van der Waals surface area contributed by atoms with Crippen LogP contribution in [0.1, 0.15) is 0 Å². The molecule has 0 aliphatic carbocycles. The molecule has 0 saturated carbocycles. The van der Waals surface area contributed by atoms with Crippen molar-refractivity contribution in [1.29, 1.82) is 0 Å². The summed E-state index contributed by atoms with van der Waals surface area (Å²) in [6, 6.07) is 5.86. The van der Waals surface area contributed by atoms with E-state index in [0.717, 1.165) is 4.29 Å². The van der Waals surface area contributed by atoms with Gasteiger partial charge in [-0.1, -0.05) is 0 Å². The third kappa shape index (κ3) is 4.46. The van der Waals surface area contributed by atoms with E-state index in [1.165, 1.54) is 0 Å². The first-order chi connectivity index (χ1) is 4.93. The molecule has 0 radical (unpaired) electrons. The summed E-state index contributed by atoms with van der Waals surface area (Å²) in [4.78, 5) is 8.74. The molecule has 0 spiro atoms. The Hall–Kier alpha value is 0.0134. The maximum atomic E-state index is 4.61. The molecule has 11 heavy (non-hydrogen) atoms. The van der Waals surface area contributed by atoms with Crippen molar-refractivity contribution < 1.29 is 21.8 Å². The van der Waals surface area contributed by atoms with Gasteiger partial charge in [0, 0.05) is 0 Å². The van der Waals surface area contributed by atoms with Crippen molar-refractivity contribution in [2.75, 3.05) is 7.11 Å². The average molecular weight is 269 g/mol. The summed E-state index contributed by atoms with van der Waals surface area (Å²) in [6.45, 7) is 0. The van der Waals surface area contributed by atoms with Crippen LogP contribution < -0.4 is 4.29 Å². The van der Waals surface area contributed by atoms with Gasteiger partial charge in [0.25, 0.3) is 0 Å². The first-order valence-corrected chi connectivity index (χ1v) is 5.84. The molecule has 3 nitrogen and oxygen atoms in total. The molecule has 0 aliphatic rings. The Balaban J connectivity index is 0.000001000. The van der Waals surface area contributed by atoms with Gasteiger partial charge in [-0.25, -0.2) is 0 Å². The average Bonchev–Trinajstić information content (AvgIpc) is 2.03. The van der Waals surface area contributed by atoms with Gasteiger partial charge in [-0.15, -0.1) is 17.0 Å². The quantitative estimate of drug-likeness (QED) is 0.595. The topological polar surface area (TPSA) is 34.5 Å². The molecule has 0 saturated heterocycles. The molecular weight excluding hydrogens is 261 g/mol. The van der Waals surface area contributed by atoms with Gasteiger partial charge in [-0.05, 0) is 0 Å². The molecule has 0 N–H and O–H groups in total. The van der Waals surface area contributed by atoms with Gasteiger partial charge in [0.15, 0.2) is 0 Å². The second kappa shape index (κ2) is 6.71. The molecule has 1 heterocycles. The van der Waals surface area contributed by atoms with Crippen LogP contribution in [0.3, 0.4) is 0 Å². The normalized spacial score (nSPS) is 8.82. The van der Waals surface area contributed by atoms with Gasteiger partial charge in [-0.2, -0.15) is 0 Å². The first kappa shape index (κ1) is 11.0. The predicted molar refractivity (Wildman–Crippen MR) is 43.6 cm³/mol. The SMILES string of the molecule is Br.CO/[N]=[Zn]/[c]1ccccn1. The summed E-state index contributed by atoms with van der Waals surface area (Å²) >= 11 is -1.02. The van der Waals surface area contributed by atoms with E-state index in [1.807, 2.05) is 18.2 Å². The fraction of sp³-hybridized carbons (Fsp3) is 0.167. The zero-order chi connectivity index (χ0) is 7.23. The number of hydrogen-bond acceptors (Lipinski definition) is 3. The summed E-state index contributed by atoms with van der Waals surface area (Å²) < 4.78 is 4.98. The zero-order valence-electron chi connectivity index (χ0n) is 6.23. The van der Waals surface area contributed by atoms with Crippen LogP contribution >= 0.6 is 17.0 Å². The molecule has 0 bridgehead atoms. The second-order valence-electron chi connectivity index (χ2n) is 1.79. The molecule has 0 aromatic carbocycles. The zero-order valence-corrected chi connectivity index (χ0v) is 10.9.